The topological polar surface area (TPSA) is 78.0 Å². The smallest absolute Gasteiger partial charge is 0.222 e. The van der Waals surface area contributed by atoms with Gasteiger partial charge in [0.25, 0.3) is 0 Å². The normalized spacial score (nSPS) is 23.8. The van der Waals surface area contributed by atoms with Crippen LogP contribution >= 0.6 is 0 Å². The van der Waals surface area contributed by atoms with E-state index in [2.05, 4.69) is 19.8 Å². The Hall–Kier alpha value is -2.44. The number of aromatic amines is 1. The number of fused-ring (bicyclic) bond motifs is 1. The maximum Gasteiger partial charge on any atom is 0.222 e. The van der Waals surface area contributed by atoms with Crippen molar-refractivity contribution in [1.29, 1.82) is 0 Å². The second-order valence-electron chi connectivity index (χ2n) is 9.04. The summed E-state index contributed by atoms with van der Waals surface area (Å²) in [5, 5.41) is 0. The molecule has 1 aliphatic carbocycles. The van der Waals surface area contributed by atoms with E-state index in [-0.39, 0.29) is 11.3 Å². The lowest BCUT2D eigenvalue weighted by atomic mass is 9.86. The zero-order chi connectivity index (χ0) is 19.8. The summed E-state index contributed by atoms with van der Waals surface area (Å²) in [4.78, 5) is 34.0. The first-order valence-corrected chi connectivity index (χ1v) is 11.0. The minimum atomic E-state index is 0.226. The Bertz CT molecular complexity index is 895. The van der Waals surface area contributed by atoms with Gasteiger partial charge in [-0.3, -0.25) is 4.79 Å². The van der Waals surface area contributed by atoms with Crippen LogP contribution < -0.4 is 4.90 Å². The third-order valence-corrected chi connectivity index (χ3v) is 6.97. The fraction of sp³-hybridized carbons (Fsp3) is 0.636. The van der Waals surface area contributed by atoms with Crippen LogP contribution in [0.25, 0.3) is 0 Å². The number of imidazole rings is 1. The molecule has 2 fully saturated rings. The number of likely N-dealkylation sites (tertiary alicyclic amines) is 1. The number of nitrogens with zero attached hydrogens (tertiary/aromatic N) is 5. The minimum absolute atomic E-state index is 0.226. The molecule has 2 aliphatic heterocycles. The largest absolute Gasteiger partial charge is 0.356 e. The van der Waals surface area contributed by atoms with Crippen LogP contribution in [0.3, 0.4) is 0 Å². The third kappa shape index (κ3) is 3.63. The fourth-order valence-corrected chi connectivity index (χ4v) is 5.37. The quantitative estimate of drug-likeness (QED) is 0.862. The Morgan fingerprint density at radius 3 is 2.90 bits per heavy atom. The molecule has 1 atom stereocenters. The van der Waals surface area contributed by atoms with Crippen molar-refractivity contribution in [2.75, 3.05) is 31.1 Å². The highest BCUT2D eigenvalue weighted by Gasteiger charge is 2.45. The van der Waals surface area contributed by atoms with Crippen LogP contribution in [0.4, 0.5) is 5.82 Å². The summed E-state index contributed by atoms with van der Waals surface area (Å²) in [6, 6.07) is 0. The lowest BCUT2D eigenvalue weighted by Crippen LogP contribution is -2.34. The number of aryl methyl sites for hydroxylation is 3. The first kappa shape index (κ1) is 18.6. The summed E-state index contributed by atoms with van der Waals surface area (Å²) in [6.45, 7) is 5.84. The zero-order valence-corrected chi connectivity index (χ0v) is 17.3. The van der Waals surface area contributed by atoms with Gasteiger partial charge in [-0.25, -0.2) is 15.0 Å². The second kappa shape index (κ2) is 7.43. The molecular formula is C22H30N6O. The molecule has 1 spiro atoms. The molecule has 2 aromatic heterocycles. The highest BCUT2D eigenvalue weighted by Crippen LogP contribution is 2.42. The summed E-state index contributed by atoms with van der Waals surface area (Å²) in [5.74, 6) is 2.34. The van der Waals surface area contributed by atoms with Crippen LogP contribution in [0.2, 0.25) is 0 Å². The van der Waals surface area contributed by atoms with E-state index in [1.54, 1.807) is 12.5 Å². The van der Waals surface area contributed by atoms with Crippen LogP contribution in [-0.2, 0) is 24.1 Å². The lowest BCUT2D eigenvalue weighted by Gasteiger charge is -2.28. The maximum absolute atomic E-state index is 12.7. The SMILES string of the molecule is Cc1nc2c(c(N3CCC4(CCN(C(=O)CCc5cnc[nH]5)C4)C3)n1)CCCC2. The summed E-state index contributed by atoms with van der Waals surface area (Å²) < 4.78 is 0. The fourth-order valence-electron chi connectivity index (χ4n) is 5.37. The van der Waals surface area contributed by atoms with Crippen molar-refractivity contribution in [2.24, 2.45) is 5.41 Å². The van der Waals surface area contributed by atoms with E-state index in [0.717, 1.165) is 69.8 Å². The monoisotopic (exact) mass is 394 g/mol. The van der Waals surface area contributed by atoms with Crippen LogP contribution in [0.1, 0.15) is 54.9 Å². The minimum Gasteiger partial charge on any atom is -0.356 e. The summed E-state index contributed by atoms with van der Waals surface area (Å²) in [6.07, 6.45) is 11.7. The van der Waals surface area contributed by atoms with Gasteiger partial charge in [-0.15, -0.1) is 0 Å². The van der Waals surface area contributed by atoms with E-state index in [1.165, 1.54) is 29.9 Å². The van der Waals surface area contributed by atoms with Crippen molar-refractivity contribution in [3.8, 4) is 0 Å². The molecule has 154 valence electrons. The first-order valence-electron chi connectivity index (χ1n) is 11.0. The Labute approximate surface area is 171 Å². The van der Waals surface area contributed by atoms with Crippen molar-refractivity contribution < 1.29 is 4.79 Å². The number of carbonyl (C=O) groups excluding carboxylic acids is 1. The van der Waals surface area contributed by atoms with Crippen LogP contribution in [-0.4, -0.2) is 56.9 Å². The number of H-pyrrole nitrogens is 1. The van der Waals surface area contributed by atoms with E-state index >= 15 is 0 Å². The Balaban J connectivity index is 1.25. The average Bonchev–Trinajstić information content (AvgIpc) is 3.48. The van der Waals surface area contributed by atoms with Gasteiger partial charge in [0.2, 0.25) is 5.91 Å². The molecule has 2 saturated heterocycles. The molecule has 0 bridgehead atoms. The molecule has 0 saturated carbocycles. The highest BCUT2D eigenvalue weighted by atomic mass is 16.2. The average molecular weight is 395 g/mol. The van der Waals surface area contributed by atoms with Crippen molar-refractivity contribution >= 4 is 11.7 Å². The van der Waals surface area contributed by atoms with E-state index in [9.17, 15) is 4.79 Å². The maximum atomic E-state index is 12.7. The number of hydrogen-bond acceptors (Lipinski definition) is 5. The van der Waals surface area contributed by atoms with E-state index < -0.39 is 0 Å². The molecule has 2 aromatic rings. The zero-order valence-electron chi connectivity index (χ0n) is 17.3. The van der Waals surface area contributed by atoms with Gasteiger partial charge in [0.05, 0.1) is 6.33 Å². The van der Waals surface area contributed by atoms with Gasteiger partial charge in [0.15, 0.2) is 0 Å². The molecule has 7 heteroatoms. The van der Waals surface area contributed by atoms with Crippen molar-refractivity contribution in [3.05, 3.63) is 35.3 Å². The standard InChI is InChI=1S/C22H30N6O/c1-16-25-19-5-3-2-4-18(19)21(26-16)28-11-9-22(14-28)8-10-27(13-22)20(29)7-6-17-12-23-15-24-17/h12,15H,2-11,13-14H2,1H3,(H,23,24). The molecule has 3 aliphatic rings. The number of rotatable bonds is 4. The summed E-state index contributed by atoms with van der Waals surface area (Å²) in [5.41, 5.74) is 3.90. The number of amides is 1. The van der Waals surface area contributed by atoms with Crippen LogP contribution in [0.15, 0.2) is 12.5 Å². The molecule has 4 heterocycles. The molecule has 1 N–H and O–H groups in total. The van der Waals surface area contributed by atoms with Crippen LogP contribution in [0.5, 0.6) is 0 Å². The molecule has 7 nitrogen and oxygen atoms in total. The van der Waals surface area contributed by atoms with Crippen molar-refractivity contribution in [1.82, 2.24) is 24.8 Å². The van der Waals surface area contributed by atoms with Gasteiger partial charge in [0.1, 0.15) is 11.6 Å². The van der Waals surface area contributed by atoms with Crippen LogP contribution in [0, 0.1) is 12.3 Å². The Kier molecular flexibility index (Phi) is 4.76. The summed E-state index contributed by atoms with van der Waals surface area (Å²) >= 11 is 0. The second-order valence-corrected chi connectivity index (χ2v) is 9.04. The van der Waals surface area contributed by atoms with Gasteiger partial charge >= 0.3 is 0 Å². The number of aromatic nitrogens is 4. The molecule has 1 amide bonds. The molecule has 29 heavy (non-hydrogen) atoms. The number of anilines is 1. The van der Waals surface area contributed by atoms with Crippen molar-refractivity contribution in [3.63, 3.8) is 0 Å². The predicted molar refractivity (Wildman–Crippen MR) is 111 cm³/mol. The number of carbonyl (C=O) groups is 1. The Morgan fingerprint density at radius 1 is 1.17 bits per heavy atom. The van der Waals surface area contributed by atoms with E-state index in [0.29, 0.717) is 6.42 Å². The van der Waals surface area contributed by atoms with Gasteiger partial charge in [0, 0.05) is 61.2 Å². The number of nitrogens with one attached hydrogen (secondary N) is 1. The first-order chi connectivity index (χ1) is 14.1. The highest BCUT2D eigenvalue weighted by molar-refractivity contribution is 5.76. The molecule has 5 rings (SSSR count). The van der Waals surface area contributed by atoms with E-state index in [4.69, 9.17) is 9.97 Å². The number of hydrogen-bond donors (Lipinski definition) is 1. The third-order valence-electron chi connectivity index (χ3n) is 6.97. The molecule has 1 unspecified atom stereocenters. The predicted octanol–water partition coefficient (Wildman–Crippen LogP) is 2.45. The molecule has 0 aromatic carbocycles. The van der Waals surface area contributed by atoms with Gasteiger partial charge in [-0.05, 0) is 51.9 Å². The summed E-state index contributed by atoms with van der Waals surface area (Å²) in [7, 11) is 0. The van der Waals surface area contributed by atoms with E-state index in [1.807, 2.05) is 6.92 Å². The Morgan fingerprint density at radius 2 is 2.03 bits per heavy atom. The van der Waals surface area contributed by atoms with Gasteiger partial charge in [-0.1, -0.05) is 0 Å². The van der Waals surface area contributed by atoms with Gasteiger partial charge < -0.3 is 14.8 Å². The lowest BCUT2D eigenvalue weighted by molar-refractivity contribution is -0.130. The molecular weight excluding hydrogens is 364 g/mol. The molecule has 0 radical (unpaired) electrons. The van der Waals surface area contributed by atoms with Gasteiger partial charge in [-0.2, -0.15) is 0 Å². The van der Waals surface area contributed by atoms with Crippen molar-refractivity contribution in [2.45, 2.75) is 58.3 Å².